The standard InChI is InChI=1S/C18H16ClFN2O4S/c1-21-27(24,25)22-13-4-2-3-11(7-13)8-15-16(10-20)14-9-12(19)5-6-17(14)26-18(15)23/h2-7,9,21-22H,8,10H2,1H3. The van der Waals surface area contributed by atoms with Crippen molar-refractivity contribution < 1.29 is 17.2 Å². The molecule has 1 aromatic heterocycles. The van der Waals surface area contributed by atoms with Gasteiger partial charge in [0.2, 0.25) is 0 Å². The molecule has 0 amide bonds. The fourth-order valence-electron chi connectivity index (χ4n) is 2.76. The van der Waals surface area contributed by atoms with Gasteiger partial charge in [-0.1, -0.05) is 23.7 Å². The van der Waals surface area contributed by atoms with Crippen molar-refractivity contribution >= 4 is 38.5 Å². The van der Waals surface area contributed by atoms with Gasteiger partial charge in [0.15, 0.2) is 0 Å². The first-order chi connectivity index (χ1) is 12.8. The molecule has 1 heterocycles. The van der Waals surface area contributed by atoms with Crippen LogP contribution in [-0.2, 0) is 23.3 Å². The number of benzene rings is 2. The smallest absolute Gasteiger partial charge is 0.340 e. The molecule has 0 saturated carbocycles. The van der Waals surface area contributed by atoms with Gasteiger partial charge < -0.3 is 4.42 Å². The number of nitrogens with one attached hydrogen (secondary N) is 2. The maximum Gasteiger partial charge on any atom is 0.340 e. The van der Waals surface area contributed by atoms with E-state index in [1.807, 2.05) is 0 Å². The summed E-state index contributed by atoms with van der Waals surface area (Å²) in [6.45, 7) is -0.857. The van der Waals surface area contributed by atoms with Crippen LogP contribution in [0.15, 0.2) is 51.7 Å². The second kappa shape index (κ2) is 7.67. The zero-order chi connectivity index (χ0) is 19.6. The largest absolute Gasteiger partial charge is 0.422 e. The summed E-state index contributed by atoms with van der Waals surface area (Å²) in [5.41, 5.74) is 0.937. The maximum atomic E-state index is 13.8. The highest BCUT2D eigenvalue weighted by Gasteiger charge is 2.16. The normalized spacial score (nSPS) is 11.7. The molecule has 0 aliphatic rings. The third-order valence-electron chi connectivity index (χ3n) is 4.04. The first kappa shape index (κ1) is 19.3. The Kier molecular flexibility index (Phi) is 5.50. The number of hydrogen-bond donors (Lipinski definition) is 2. The van der Waals surface area contributed by atoms with Crippen LogP contribution in [0.4, 0.5) is 10.1 Å². The topological polar surface area (TPSA) is 88.4 Å². The summed E-state index contributed by atoms with van der Waals surface area (Å²) in [4.78, 5) is 12.4. The molecule has 0 aliphatic carbocycles. The molecular formula is C18H16ClFN2O4S. The van der Waals surface area contributed by atoms with E-state index < -0.39 is 22.5 Å². The summed E-state index contributed by atoms with van der Waals surface area (Å²) in [5.74, 6) is 0. The zero-order valence-corrected chi connectivity index (χ0v) is 15.8. The predicted octanol–water partition coefficient (Wildman–Crippen LogP) is 3.38. The minimum Gasteiger partial charge on any atom is -0.422 e. The molecule has 0 radical (unpaired) electrons. The van der Waals surface area contributed by atoms with Gasteiger partial charge in [-0.25, -0.2) is 13.9 Å². The zero-order valence-electron chi connectivity index (χ0n) is 14.3. The van der Waals surface area contributed by atoms with E-state index in [9.17, 15) is 17.6 Å². The van der Waals surface area contributed by atoms with Crippen molar-refractivity contribution in [2.24, 2.45) is 0 Å². The third kappa shape index (κ3) is 4.29. The Hall–Kier alpha value is -2.42. The van der Waals surface area contributed by atoms with E-state index >= 15 is 0 Å². The lowest BCUT2D eigenvalue weighted by molar-refractivity contribution is 0.476. The van der Waals surface area contributed by atoms with E-state index in [4.69, 9.17) is 16.0 Å². The van der Waals surface area contributed by atoms with Crippen molar-refractivity contribution in [1.29, 1.82) is 0 Å². The molecule has 0 aliphatic heterocycles. The average Bonchev–Trinajstić information content (AvgIpc) is 2.63. The Morgan fingerprint density at radius 3 is 2.63 bits per heavy atom. The van der Waals surface area contributed by atoms with Crippen molar-refractivity contribution in [3.05, 3.63) is 74.6 Å². The number of anilines is 1. The fraction of sp³-hybridized carbons (Fsp3) is 0.167. The molecule has 3 rings (SSSR count). The first-order valence-corrected chi connectivity index (χ1v) is 9.79. The molecule has 142 valence electrons. The maximum absolute atomic E-state index is 13.8. The monoisotopic (exact) mass is 410 g/mol. The summed E-state index contributed by atoms with van der Waals surface area (Å²) >= 11 is 5.98. The lowest BCUT2D eigenvalue weighted by Crippen LogP contribution is -2.26. The molecule has 0 fully saturated rings. The van der Waals surface area contributed by atoms with Gasteiger partial charge in [0.25, 0.3) is 10.2 Å². The second-order valence-corrected chi connectivity index (χ2v) is 7.86. The lowest BCUT2D eigenvalue weighted by atomic mass is 9.99. The molecule has 27 heavy (non-hydrogen) atoms. The summed E-state index contributed by atoms with van der Waals surface area (Å²) < 4.78 is 46.8. The summed E-state index contributed by atoms with van der Waals surface area (Å²) in [5, 5.41) is 0.840. The van der Waals surface area contributed by atoms with Crippen molar-refractivity contribution in [3.8, 4) is 0 Å². The van der Waals surface area contributed by atoms with Gasteiger partial charge >= 0.3 is 5.63 Å². The van der Waals surface area contributed by atoms with Gasteiger partial charge in [0.05, 0.1) is 5.69 Å². The highest BCUT2D eigenvalue weighted by Crippen LogP contribution is 2.26. The Balaban J connectivity index is 2.04. The van der Waals surface area contributed by atoms with Crippen LogP contribution in [0.1, 0.15) is 16.7 Å². The molecule has 0 bridgehead atoms. The van der Waals surface area contributed by atoms with Crippen molar-refractivity contribution in [2.75, 3.05) is 11.8 Å². The van der Waals surface area contributed by atoms with Crippen LogP contribution < -0.4 is 15.1 Å². The third-order valence-corrected chi connectivity index (χ3v) is 5.32. The first-order valence-electron chi connectivity index (χ1n) is 7.93. The highest BCUT2D eigenvalue weighted by atomic mass is 35.5. The Bertz CT molecular complexity index is 1160. The molecule has 6 nitrogen and oxygen atoms in total. The number of alkyl halides is 1. The van der Waals surface area contributed by atoms with Gasteiger partial charge in [-0.05, 0) is 35.9 Å². The van der Waals surface area contributed by atoms with E-state index in [0.717, 1.165) is 0 Å². The van der Waals surface area contributed by atoms with E-state index in [2.05, 4.69) is 9.44 Å². The number of rotatable bonds is 6. The van der Waals surface area contributed by atoms with E-state index in [-0.39, 0.29) is 23.1 Å². The second-order valence-electron chi connectivity index (χ2n) is 5.81. The molecule has 9 heteroatoms. The average molecular weight is 411 g/mol. The van der Waals surface area contributed by atoms with Gasteiger partial charge in [-0.3, -0.25) is 4.72 Å². The van der Waals surface area contributed by atoms with Gasteiger partial charge in [0, 0.05) is 35.0 Å². The molecule has 0 saturated heterocycles. The molecule has 0 atom stereocenters. The Labute approximate surface area is 160 Å². The minimum atomic E-state index is -3.67. The number of fused-ring (bicyclic) bond motifs is 1. The highest BCUT2D eigenvalue weighted by molar-refractivity contribution is 7.90. The Morgan fingerprint density at radius 1 is 1.15 bits per heavy atom. The Morgan fingerprint density at radius 2 is 1.93 bits per heavy atom. The van der Waals surface area contributed by atoms with Crippen molar-refractivity contribution in [3.63, 3.8) is 0 Å². The molecule has 3 aromatic rings. The SMILES string of the molecule is CNS(=O)(=O)Nc1cccc(Cc2c(CF)c3cc(Cl)ccc3oc2=O)c1. The van der Waals surface area contributed by atoms with Gasteiger partial charge in [0.1, 0.15) is 12.3 Å². The van der Waals surface area contributed by atoms with Crippen LogP contribution in [0, 0.1) is 0 Å². The summed E-state index contributed by atoms with van der Waals surface area (Å²) in [6.07, 6.45) is 0.0825. The number of hydrogen-bond acceptors (Lipinski definition) is 4. The van der Waals surface area contributed by atoms with E-state index in [1.54, 1.807) is 36.4 Å². The van der Waals surface area contributed by atoms with Crippen molar-refractivity contribution in [2.45, 2.75) is 13.1 Å². The summed E-state index contributed by atoms with van der Waals surface area (Å²) in [7, 11) is -2.39. The van der Waals surface area contributed by atoms with Crippen LogP contribution in [0.2, 0.25) is 5.02 Å². The predicted molar refractivity (Wildman–Crippen MR) is 103 cm³/mol. The molecule has 2 aromatic carbocycles. The molecule has 0 unspecified atom stereocenters. The van der Waals surface area contributed by atoms with Crippen LogP contribution in [-0.4, -0.2) is 15.5 Å². The molecule has 2 N–H and O–H groups in total. The van der Waals surface area contributed by atoms with Crippen LogP contribution >= 0.6 is 11.6 Å². The molecular weight excluding hydrogens is 395 g/mol. The van der Waals surface area contributed by atoms with Crippen LogP contribution in [0.3, 0.4) is 0 Å². The van der Waals surface area contributed by atoms with Gasteiger partial charge in [-0.2, -0.15) is 8.42 Å². The molecule has 0 spiro atoms. The van der Waals surface area contributed by atoms with Crippen LogP contribution in [0.5, 0.6) is 0 Å². The van der Waals surface area contributed by atoms with E-state index in [1.165, 1.54) is 13.1 Å². The minimum absolute atomic E-state index is 0.0825. The summed E-state index contributed by atoms with van der Waals surface area (Å²) in [6, 6.07) is 11.1. The van der Waals surface area contributed by atoms with Crippen LogP contribution in [0.25, 0.3) is 11.0 Å². The fourth-order valence-corrected chi connectivity index (χ4v) is 3.47. The number of halogens is 2. The van der Waals surface area contributed by atoms with Gasteiger partial charge in [-0.15, -0.1) is 0 Å². The van der Waals surface area contributed by atoms with E-state index in [0.29, 0.717) is 21.7 Å². The lowest BCUT2D eigenvalue weighted by Gasteiger charge is -2.11. The quantitative estimate of drug-likeness (QED) is 0.610. The van der Waals surface area contributed by atoms with Crippen molar-refractivity contribution in [1.82, 2.24) is 4.72 Å².